The zero-order chi connectivity index (χ0) is 23.5. The summed E-state index contributed by atoms with van der Waals surface area (Å²) >= 11 is 0. The molecular formula is C26H25NO6. The second kappa shape index (κ2) is 9.16. The largest absolute Gasteiger partial charge is 0.504 e. The Kier molecular flexibility index (Phi) is 6.13. The van der Waals surface area contributed by atoms with E-state index < -0.39 is 11.2 Å². The molecule has 0 saturated heterocycles. The van der Waals surface area contributed by atoms with E-state index in [0.717, 1.165) is 23.5 Å². The molecule has 1 aromatic heterocycles. The number of benzene rings is 3. The molecule has 0 atom stereocenters. The maximum absolute atomic E-state index is 12.7. The number of hydrogen-bond acceptors (Lipinski definition) is 7. The van der Waals surface area contributed by atoms with Crippen LogP contribution in [-0.4, -0.2) is 31.0 Å². The van der Waals surface area contributed by atoms with E-state index in [2.05, 4.69) is 11.8 Å². The summed E-state index contributed by atoms with van der Waals surface area (Å²) in [7, 11) is 3.03. The number of aromatic hydroxyl groups is 2. The summed E-state index contributed by atoms with van der Waals surface area (Å²) in [6.45, 7) is 3.49. The Morgan fingerprint density at radius 2 is 1.67 bits per heavy atom. The molecule has 0 aliphatic carbocycles. The first-order valence-corrected chi connectivity index (χ1v) is 10.5. The molecule has 3 aromatic carbocycles. The molecule has 1 heterocycles. The van der Waals surface area contributed by atoms with Crippen molar-refractivity contribution in [1.29, 1.82) is 0 Å². The van der Waals surface area contributed by atoms with E-state index in [0.29, 0.717) is 12.1 Å². The van der Waals surface area contributed by atoms with Gasteiger partial charge in [-0.1, -0.05) is 18.2 Å². The van der Waals surface area contributed by atoms with E-state index in [1.54, 1.807) is 19.2 Å². The average Bonchev–Trinajstić information content (AvgIpc) is 2.85. The number of rotatable bonds is 7. The van der Waals surface area contributed by atoms with Crippen LogP contribution in [0.3, 0.4) is 0 Å². The maximum Gasteiger partial charge on any atom is 0.235 e. The van der Waals surface area contributed by atoms with Crippen molar-refractivity contribution in [3.8, 4) is 34.3 Å². The molecule has 0 aliphatic heterocycles. The fourth-order valence-electron chi connectivity index (χ4n) is 3.85. The Hall–Kier alpha value is -4.13. The van der Waals surface area contributed by atoms with Gasteiger partial charge in [-0.15, -0.1) is 0 Å². The van der Waals surface area contributed by atoms with Crippen molar-refractivity contribution in [3.63, 3.8) is 0 Å². The number of nitrogens with zero attached hydrogens (tertiary/aromatic N) is 1. The minimum absolute atomic E-state index is 0.00993. The molecule has 0 aliphatic rings. The van der Waals surface area contributed by atoms with E-state index in [1.165, 1.54) is 19.2 Å². The quantitative estimate of drug-likeness (QED) is 0.416. The highest BCUT2D eigenvalue weighted by Crippen LogP contribution is 2.38. The second-order valence-electron chi connectivity index (χ2n) is 7.48. The molecule has 4 rings (SSSR count). The number of phenols is 1. The van der Waals surface area contributed by atoms with Gasteiger partial charge in [-0.05, 0) is 49.4 Å². The molecule has 170 valence electrons. The third-order valence-electron chi connectivity index (χ3n) is 5.60. The molecule has 0 amide bonds. The summed E-state index contributed by atoms with van der Waals surface area (Å²) in [5.74, 6) is 0.222. The van der Waals surface area contributed by atoms with Crippen molar-refractivity contribution in [1.82, 2.24) is 0 Å². The fraction of sp³-hybridized carbons (Fsp3) is 0.192. The minimum Gasteiger partial charge on any atom is -0.504 e. The number of anilines is 1. The van der Waals surface area contributed by atoms with E-state index in [9.17, 15) is 15.0 Å². The molecule has 4 aromatic rings. The van der Waals surface area contributed by atoms with Gasteiger partial charge in [0.05, 0.1) is 19.6 Å². The van der Waals surface area contributed by atoms with Crippen LogP contribution in [0.25, 0.3) is 22.3 Å². The lowest BCUT2D eigenvalue weighted by atomic mass is 10.1. The maximum atomic E-state index is 12.7. The Morgan fingerprint density at radius 3 is 2.33 bits per heavy atom. The third-order valence-corrected chi connectivity index (χ3v) is 5.60. The first kappa shape index (κ1) is 22.1. The van der Waals surface area contributed by atoms with Crippen LogP contribution in [0.15, 0.2) is 69.9 Å². The van der Waals surface area contributed by atoms with Crippen molar-refractivity contribution in [2.45, 2.75) is 13.5 Å². The highest BCUT2D eigenvalue weighted by atomic mass is 16.5. The predicted molar refractivity (Wildman–Crippen MR) is 128 cm³/mol. The van der Waals surface area contributed by atoms with Crippen LogP contribution < -0.4 is 19.8 Å². The van der Waals surface area contributed by atoms with E-state index in [-0.39, 0.29) is 28.2 Å². The van der Waals surface area contributed by atoms with Crippen molar-refractivity contribution in [2.75, 3.05) is 25.7 Å². The summed E-state index contributed by atoms with van der Waals surface area (Å²) in [4.78, 5) is 14.9. The predicted octanol–water partition coefficient (Wildman–Crippen LogP) is 4.91. The second-order valence-corrected chi connectivity index (χ2v) is 7.48. The van der Waals surface area contributed by atoms with Gasteiger partial charge in [0.15, 0.2) is 17.1 Å². The Balaban J connectivity index is 1.72. The van der Waals surface area contributed by atoms with Gasteiger partial charge in [0.25, 0.3) is 0 Å². The normalized spacial score (nSPS) is 10.9. The number of ether oxygens (including phenoxy) is 2. The summed E-state index contributed by atoms with van der Waals surface area (Å²) in [6.07, 6.45) is 0. The number of phenolic OH excluding ortho intramolecular Hbond substituents is 1. The van der Waals surface area contributed by atoms with Gasteiger partial charge in [-0.3, -0.25) is 4.79 Å². The molecule has 0 unspecified atom stereocenters. The fourth-order valence-corrected chi connectivity index (χ4v) is 3.85. The average molecular weight is 447 g/mol. The highest BCUT2D eigenvalue weighted by molar-refractivity contribution is 5.88. The van der Waals surface area contributed by atoms with Gasteiger partial charge in [-0.25, -0.2) is 0 Å². The lowest BCUT2D eigenvalue weighted by Gasteiger charge is -2.24. The summed E-state index contributed by atoms with van der Waals surface area (Å²) in [6, 6.07) is 17.9. The SMILES string of the molecule is CCN(Cc1ccccc1OC)c1ccc(-c2oc3c(OC)c(O)ccc3c(=O)c2O)cc1. The van der Waals surface area contributed by atoms with Gasteiger partial charge < -0.3 is 29.0 Å². The van der Waals surface area contributed by atoms with Crippen molar-refractivity contribution in [2.24, 2.45) is 0 Å². The van der Waals surface area contributed by atoms with Gasteiger partial charge in [0.2, 0.25) is 16.9 Å². The van der Waals surface area contributed by atoms with E-state index in [4.69, 9.17) is 13.9 Å². The Morgan fingerprint density at radius 1 is 0.939 bits per heavy atom. The van der Waals surface area contributed by atoms with Crippen LogP contribution >= 0.6 is 0 Å². The van der Waals surface area contributed by atoms with Crippen LogP contribution in [0.1, 0.15) is 12.5 Å². The van der Waals surface area contributed by atoms with Crippen molar-refractivity contribution < 1.29 is 24.1 Å². The van der Waals surface area contributed by atoms with Crippen LogP contribution in [0.2, 0.25) is 0 Å². The molecule has 0 saturated carbocycles. The zero-order valence-corrected chi connectivity index (χ0v) is 18.7. The van der Waals surface area contributed by atoms with Gasteiger partial charge in [0.1, 0.15) is 5.75 Å². The van der Waals surface area contributed by atoms with E-state index >= 15 is 0 Å². The molecule has 7 heteroatoms. The molecular weight excluding hydrogens is 422 g/mol. The van der Waals surface area contributed by atoms with E-state index in [1.807, 2.05) is 36.4 Å². The Bertz CT molecular complexity index is 1340. The Labute approximate surface area is 191 Å². The smallest absolute Gasteiger partial charge is 0.235 e. The molecule has 0 spiro atoms. The molecule has 33 heavy (non-hydrogen) atoms. The molecule has 0 fully saturated rings. The van der Waals surface area contributed by atoms with Crippen LogP contribution in [0, 0.1) is 0 Å². The van der Waals surface area contributed by atoms with Gasteiger partial charge in [-0.2, -0.15) is 0 Å². The van der Waals surface area contributed by atoms with Gasteiger partial charge >= 0.3 is 0 Å². The summed E-state index contributed by atoms with van der Waals surface area (Å²) in [5.41, 5.74) is 2.03. The standard InChI is InChI=1S/C26H25NO6/c1-4-27(15-17-7-5-6-8-21(17)31-2)18-11-9-16(10-12-18)24-23(30)22(29)19-13-14-20(28)26(32-3)25(19)33-24/h5-14,28,30H,4,15H2,1-3H3. The van der Waals surface area contributed by atoms with Crippen LogP contribution in [0.5, 0.6) is 23.0 Å². The summed E-state index contributed by atoms with van der Waals surface area (Å²) < 4.78 is 16.5. The molecule has 2 N–H and O–H groups in total. The number of fused-ring (bicyclic) bond motifs is 1. The monoisotopic (exact) mass is 447 g/mol. The summed E-state index contributed by atoms with van der Waals surface area (Å²) in [5, 5.41) is 20.7. The lowest BCUT2D eigenvalue weighted by molar-refractivity contribution is 0.369. The van der Waals surface area contributed by atoms with Crippen molar-refractivity contribution >= 4 is 16.7 Å². The number of para-hydroxylation sites is 1. The van der Waals surface area contributed by atoms with Crippen molar-refractivity contribution in [3.05, 3.63) is 76.5 Å². The van der Waals surface area contributed by atoms with Gasteiger partial charge in [0, 0.05) is 29.9 Å². The topological polar surface area (TPSA) is 92.4 Å². The van der Waals surface area contributed by atoms with Crippen LogP contribution in [-0.2, 0) is 6.54 Å². The minimum atomic E-state index is -0.597. The number of methoxy groups -OCH3 is 2. The molecule has 7 nitrogen and oxygen atoms in total. The molecule has 0 bridgehead atoms. The third kappa shape index (κ3) is 4.05. The first-order chi connectivity index (χ1) is 16.0. The zero-order valence-electron chi connectivity index (χ0n) is 18.7. The molecule has 0 radical (unpaired) electrons. The first-order valence-electron chi connectivity index (χ1n) is 10.5. The highest BCUT2D eigenvalue weighted by Gasteiger charge is 2.20. The number of hydrogen-bond donors (Lipinski definition) is 2. The van der Waals surface area contributed by atoms with Crippen LogP contribution in [0.4, 0.5) is 5.69 Å². The lowest BCUT2D eigenvalue weighted by Crippen LogP contribution is -2.22.